The Labute approximate surface area is 138 Å². The van der Waals surface area contributed by atoms with Crippen molar-refractivity contribution in [2.45, 2.75) is 41.0 Å². The molecule has 1 amide bonds. The highest BCUT2D eigenvalue weighted by Gasteiger charge is 2.07. The van der Waals surface area contributed by atoms with Crippen LogP contribution in [0.1, 0.15) is 40.3 Å². The van der Waals surface area contributed by atoms with Gasteiger partial charge in [-0.1, -0.05) is 41.5 Å². The molecule has 0 fully saturated rings. The highest BCUT2D eigenvalue weighted by molar-refractivity contribution is 6.00. The fraction of sp³-hybridized carbons (Fsp3) is 0.300. The van der Waals surface area contributed by atoms with Crippen LogP contribution in [0.25, 0.3) is 0 Å². The van der Waals surface area contributed by atoms with E-state index in [2.05, 4.69) is 48.6 Å². The number of nitrogens with zero attached hydrogens (tertiary/aromatic N) is 1. The molecule has 2 rings (SSSR count). The molecule has 3 heteroatoms. The third-order valence-electron chi connectivity index (χ3n) is 3.98. The SMILES string of the molecule is C/C(=N/NC(=O)Cc1ccc(C)cc1C)c1cc(C)ccc1C. The number of rotatable bonds is 4. The predicted octanol–water partition coefficient (Wildman–Crippen LogP) is 4.00. The number of aryl methyl sites for hydroxylation is 4. The zero-order chi connectivity index (χ0) is 17.0. The Kier molecular flexibility index (Phi) is 5.32. The first-order valence-electron chi connectivity index (χ1n) is 7.83. The first-order valence-corrected chi connectivity index (χ1v) is 7.83. The molecule has 0 radical (unpaired) electrons. The van der Waals surface area contributed by atoms with Crippen molar-refractivity contribution in [3.8, 4) is 0 Å². The molecule has 0 aromatic heterocycles. The average Bonchev–Trinajstić information content (AvgIpc) is 2.50. The summed E-state index contributed by atoms with van der Waals surface area (Å²) in [6, 6.07) is 12.4. The van der Waals surface area contributed by atoms with Gasteiger partial charge in [0.15, 0.2) is 0 Å². The Hall–Kier alpha value is -2.42. The highest BCUT2D eigenvalue weighted by Crippen LogP contribution is 2.12. The van der Waals surface area contributed by atoms with Gasteiger partial charge < -0.3 is 0 Å². The molecule has 0 saturated heterocycles. The number of hydrazone groups is 1. The van der Waals surface area contributed by atoms with Gasteiger partial charge in [-0.05, 0) is 57.4 Å². The van der Waals surface area contributed by atoms with E-state index in [4.69, 9.17) is 0 Å². The number of carbonyl (C=O) groups excluding carboxylic acids is 1. The van der Waals surface area contributed by atoms with E-state index in [1.54, 1.807) is 0 Å². The van der Waals surface area contributed by atoms with E-state index < -0.39 is 0 Å². The summed E-state index contributed by atoms with van der Waals surface area (Å²) in [6.07, 6.45) is 0.343. The molecule has 0 bridgehead atoms. The van der Waals surface area contributed by atoms with E-state index >= 15 is 0 Å². The van der Waals surface area contributed by atoms with Crippen LogP contribution in [0.3, 0.4) is 0 Å². The maximum Gasteiger partial charge on any atom is 0.244 e. The summed E-state index contributed by atoms with van der Waals surface area (Å²) in [7, 11) is 0. The van der Waals surface area contributed by atoms with Crippen molar-refractivity contribution in [1.82, 2.24) is 5.43 Å². The van der Waals surface area contributed by atoms with Crippen LogP contribution in [0.4, 0.5) is 0 Å². The quantitative estimate of drug-likeness (QED) is 0.673. The van der Waals surface area contributed by atoms with E-state index in [1.807, 2.05) is 32.9 Å². The molecule has 0 aliphatic heterocycles. The van der Waals surface area contributed by atoms with Gasteiger partial charge in [0.2, 0.25) is 5.91 Å². The fourth-order valence-electron chi connectivity index (χ4n) is 2.59. The van der Waals surface area contributed by atoms with Crippen molar-refractivity contribution >= 4 is 11.6 Å². The minimum atomic E-state index is -0.0957. The van der Waals surface area contributed by atoms with Crippen LogP contribution in [0.5, 0.6) is 0 Å². The number of nitrogens with one attached hydrogen (secondary N) is 1. The molecule has 3 nitrogen and oxygen atoms in total. The number of carbonyl (C=O) groups is 1. The Bertz CT molecular complexity index is 760. The molecule has 0 atom stereocenters. The van der Waals surface area contributed by atoms with Gasteiger partial charge in [0.1, 0.15) is 0 Å². The van der Waals surface area contributed by atoms with Gasteiger partial charge in [0.25, 0.3) is 0 Å². The van der Waals surface area contributed by atoms with E-state index in [9.17, 15) is 4.79 Å². The Morgan fingerprint density at radius 1 is 0.957 bits per heavy atom. The summed E-state index contributed by atoms with van der Waals surface area (Å²) in [5.41, 5.74) is 10.3. The molecular weight excluding hydrogens is 284 g/mol. The second kappa shape index (κ2) is 7.23. The summed E-state index contributed by atoms with van der Waals surface area (Å²) in [4.78, 5) is 12.1. The summed E-state index contributed by atoms with van der Waals surface area (Å²) >= 11 is 0. The Morgan fingerprint density at radius 3 is 2.30 bits per heavy atom. The maximum atomic E-state index is 12.1. The molecule has 120 valence electrons. The molecule has 0 aliphatic rings. The van der Waals surface area contributed by atoms with Gasteiger partial charge in [-0.25, -0.2) is 5.43 Å². The van der Waals surface area contributed by atoms with E-state index in [0.29, 0.717) is 6.42 Å². The number of hydrogen-bond donors (Lipinski definition) is 1. The normalized spacial score (nSPS) is 11.4. The smallest absolute Gasteiger partial charge is 0.244 e. The predicted molar refractivity (Wildman–Crippen MR) is 95.9 cm³/mol. The lowest BCUT2D eigenvalue weighted by atomic mass is 10.0. The van der Waals surface area contributed by atoms with Gasteiger partial charge in [-0.2, -0.15) is 5.10 Å². The van der Waals surface area contributed by atoms with Crippen molar-refractivity contribution in [1.29, 1.82) is 0 Å². The maximum absolute atomic E-state index is 12.1. The van der Waals surface area contributed by atoms with Crippen LogP contribution < -0.4 is 5.43 Å². The summed E-state index contributed by atoms with van der Waals surface area (Å²) in [5, 5.41) is 4.26. The first-order chi connectivity index (χ1) is 10.9. The molecule has 0 saturated carbocycles. The molecule has 2 aromatic carbocycles. The Balaban J connectivity index is 2.06. The van der Waals surface area contributed by atoms with Gasteiger partial charge in [-0.3, -0.25) is 4.79 Å². The van der Waals surface area contributed by atoms with Crippen LogP contribution in [0.15, 0.2) is 41.5 Å². The lowest BCUT2D eigenvalue weighted by Crippen LogP contribution is -2.21. The molecule has 1 N–H and O–H groups in total. The van der Waals surface area contributed by atoms with Gasteiger partial charge in [0, 0.05) is 5.56 Å². The van der Waals surface area contributed by atoms with Crippen LogP contribution in [-0.4, -0.2) is 11.6 Å². The van der Waals surface area contributed by atoms with Crippen LogP contribution in [-0.2, 0) is 11.2 Å². The largest absolute Gasteiger partial charge is 0.273 e. The zero-order valence-corrected chi connectivity index (χ0v) is 14.5. The monoisotopic (exact) mass is 308 g/mol. The lowest BCUT2D eigenvalue weighted by molar-refractivity contribution is -0.120. The van der Waals surface area contributed by atoms with Crippen molar-refractivity contribution in [2.24, 2.45) is 5.10 Å². The average molecular weight is 308 g/mol. The van der Waals surface area contributed by atoms with Crippen molar-refractivity contribution in [2.75, 3.05) is 0 Å². The zero-order valence-electron chi connectivity index (χ0n) is 14.5. The van der Waals surface area contributed by atoms with E-state index in [-0.39, 0.29) is 5.91 Å². The van der Waals surface area contributed by atoms with Crippen LogP contribution in [0, 0.1) is 27.7 Å². The Morgan fingerprint density at radius 2 is 1.61 bits per heavy atom. The fourth-order valence-corrected chi connectivity index (χ4v) is 2.59. The van der Waals surface area contributed by atoms with Crippen LogP contribution in [0.2, 0.25) is 0 Å². The lowest BCUT2D eigenvalue weighted by Gasteiger charge is -2.08. The number of benzene rings is 2. The molecular formula is C20H24N2O. The summed E-state index contributed by atoms with van der Waals surface area (Å²) in [6.45, 7) is 10.1. The second-order valence-electron chi connectivity index (χ2n) is 6.16. The van der Waals surface area contributed by atoms with Gasteiger partial charge >= 0.3 is 0 Å². The van der Waals surface area contributed by atoms with E-state index in [1.165, 1.54) is 11.1 Å². The molecule has 0 aliphatic carbocycles. The first kappa shape index (κ1) is 16.9. The van der Waals surface area contributed by atoms with Crippen molar-refractivity contribution in [3.63, 3.8) is 0 Å². The number of hydrogen-bond acceptors (Lipinski definition) is 2. The summed E-state index contributed by atoms with van der Waals surface area (Å²) in [5.74, 6) is -0.0957. The second-order valence-corrected chi connectivity index (χ2v) is 6.16. The van der Waals surface area contributed by atoms with Crippen LogP contribution >= 0.6 is 0 Å². The van der Waals surface area contributed by atoms with Crippen molar-refractivity contribution < 1.29 is 4.79 Å². The molecule has 0 unspecified atom stereocenters. The number of amides is 1. The van der Waals surface area contributed by atoms with Gasteiger partial charge in [0.05, 0.1) is 12.1 Å². The summed E-state index contributed by atoms with van der Waals surface area (Å²) < 4.78 is 0. The standard InChI is InChI=1S/C20H24N2O/c1-13-7-9-18(16(4)10-13)12-20(23)22-21-17(5)19-11-14(2)6-8-15(19)3/h6-11H,12H2,1-5H3,(H,22,23)/b21-17-. The minimum absolute atomic E-state index is 0.0957. The highest BCUT2D eigenvalue weighted by atomic mass is 16.2. The third kappa shape index (κ3) is 4.52. The molecule has 0 heterocycles. The van der Waals surface area contributed by atoms with Gasteiger partial charge in [-0.15, -0.1) is 0 Å². The van der Waals surface area contributed by atoms with Crippen molar-refractivity contribution in [3.05, 3.63) is 69.8 Å². The minimum Gasteiger partial charge on any atom is -0.273 e. The molecule has 0 spiro atoms. The third-order valence-corrected chi connectivity index (χ3v) is 3.98. The topological polar surface area (TPSA) is 41.5 Å². The molecule has 23 heavy (non-hydrogen) atoms. The molecule has 2 aromatic rings. The van der Waals surface area contributed by atoms with E-state index in [0.717, 1.165) is 28.0 Å².